The van der Waals surface area contributed by atoms with Gasteiger partial charge in [0.15, 0.2) is 0 Å². The molecule has 0 heterocycles. The summed E-state index contributed by atoms with van der Waals surface area (Å²) in [4.78, 5) is 63.1. The summed E-state index contributed by atoms with van der Waals surface area (Å²) in [7, 11) is -35.8. The van der Waals surface area contributed by atoms with Crippen LogP contribution in [-0.4, -0.2) is 40.9 Å². The fourth-order valence-electron chi connectivity index (χ4n) is 2.69. The molecular formula is C13H34O19P6. The zero-order valence-electron chi connectivity index (χ0n) is 20.2. The van der Waals surface area contributed by atoms with Gasteiger partial charge in [0, 0.05) is 0 Å². The van der Waals surface area contributed by atoms with Crippen LogP contribution in [0.2, 0.25) is 0 Å². The number of rotatable bonds is 23. The van der Waals surface area contributed by atoms with E-state index in [1.165, 1.54) is 25.7 Å². The van der Waals surface area contributed by atoms with Crippen LogP contribution in [0.25, 0.3) is 0 Å². The normalized spacial score (nSPS) is 20.5. The van der Waals surface area contributed by atoms with E-state index in [1.54, 1.807) is 0 Å². The highest BCUT2D eigenvalue weighted by molar-refractivity contribution is 7.72. The van der Waals surface area contributed by atoms with Crippen molar-refractivity contribution in [2.45, 2.75) is 77.6 Å². The Hall–Kier alpha value is 0.860. The summed E-state index contributed by atoms with van der Waals surface area (Å²) in [5.41, 5.74) is 0. The molecule has 230 valence electrons. The zero-order chi connectivity index (χ0) is 29.7. The van der Waals surface area contributed by atoms with Crippen molar-refractivity contribution in [2.24, 2.45) is 0 Å². The van der Waals surface area contributed by atoms with Gasteiger partial charge >= 0.3 is 46.9 Å². The van der Waals surface area contributed by atoms with E-state index in [1.807, 2.05) is 0 Å². The molecule has 7 N–H and O–H groups in total. The number of hydrogen-bond acceptors (Lipinski definition) is 12. The van der Waals surface area contributed by atoms with E-state index in [0.717, 1.165) is 32.1 Å². The quantitative estimate of drug-likeness (QED) is 0.0552. The molecule has 0 aliphatic carbocycles. The first kappa shape index (κ1) is 38.9. The SMILES string of the molecule is CCCCCCCCCCCCCOP(=O)(O)OP(=O)(O)OP(=O)(O)OP(=O)(O)OP(=O)(O)OP(=O)(O)O. The average molecular weight is 680 g/mol. The van der Waals surface area contributed by atoms with Gasteiger partial charge in [0.2, 0.25) is 0 Å². The molecule has 0 rings (SSSR count). The summed E-state index contributed by atoms with van der Waals surface area (Å²) in [5, 5.41) is 0. The zero-order valence-corrected chi connectivity index (χ0v) is 25.6. The van der Waals surface area contributed by atoms with Crippen LogP contribution in [0.15, 0.2) is 0 Å². The molecule has 19 nitrogen and oxygen atoms in total. The summed E-state index contributed by atoms with van der Waals surface area (Å²) in [6, 6.07) is 0. The predicted octanol–water partition coefficient (Wildman–Crippen LogP) is 4.99. The van der Waals surface area contributed by atoms with Gasteiger partial charge in [-0.2, -0.15) is 21.6 Å². The molecule has 25 heteroatoms. The molecular weight excluding hydrogens is 646 g/mol. The minimum atomic E-state index is -6.27. The van der Waals surface area contributed by atoms with Gasteiger partial charge in [0.25, 0.3) is 0 Å². The minimum Gasteiger partial charge on any atom is -0.302 e. The molecule has 5 unspecified atom stereocenters. The first-order valence-electron chi connectivity index (χ1n) is 11.0. The molecule has 0 bridgehead atoms. The molecule has 38 heavy (non-hydrogen) atoms. The molecule has 0 aromatic carbocycles. The molecule has 0 saturated carbocycles. The average Bonchev–Trinajstić information content (AvgIpc) is 2.62. The third-order valence-electron chi connectivity index (χ3n) is 4.04. The number of unbranched alkanes of at least 4 members (excludes halogenated alkanes) is 10. The highest BCUT2D eigenvalue weighted by Crippen LogP contribution is 2.74. The maximum atomic E-state index is 11.8. The van der Waals surface area contributed by atoms with E-state index in [4.69, 9.17) is 14.7 Å². The van der Waals surface area contributed by atoms with Crippen molar-refractivity contribution in [1.82, 2.24) is 0 Å². The van der Waals surface area contributed by atoms with E-state index in [2.05, 4.69) is 33.0 Å². The summed E-state index contributed by atoms with van der Waals surface area (Å²) >= 11 is 0. The van der Waals surface area contributed by atoms with Crippen LogP contribution in [0.5, 0.6) is 0 Å². The molecule has 0 aliphatic rings. The molecule has 5 atom stereocenters. The van der Waals surface area contributed by atoms with Crippen LogP contribution in [0, 0.1) is 0 Å². The third-order valence-corrected chi connectivity index (χ3v) is 12.8. The topological polar surface area (TPSA) is 299 Å². The summed E-state index contributed by atoms with van der Waals surface area (Å²) in [5.74, 6) is 0. The van der Waals surface area contributed by atoms with Gasteiger partial charge in [-0.15, -0.1) is 0 Å². The lowest BCUT2D eigenvalue weighted by atomic mass is 10.1. The van der Waals surface area contributed by atoms with Crippen LogP contribution >= 0.6 is 46.9 Å². The lowest BCUT2D eigenvalue weighted by molar-refractivity contribution is 0.166. The van der Waals surface area contributed by atoms with E-state index in [-0.39, 0.29) is 6.42 Å². The largest absolute Gasteiger partial charge is 0.490 e. The fraction of sp³-hybridized carbons (Fsp3) is 1.00. The van der Waals surface area contributed by atoms with Crippen molar-refractivity contribution in [1.29, 1.82) is 0 Å². The number of hydrogen-bond donors (Lipinski definition) is 7. The maximum Gasteiger partial charge on any atom is 0.490 e. The maximum absolute atomic E-state index is 11.8. The van der Waals surface area contributed by atoms with Crippen molar-refractivity contribution >= 4 is 46.9 Å². The fourth-order valence-corrected chi connectivity index (χ4v) is 10.0. The Labute approximate surface area is 219 Å². The second-order valence-corrected chi connectivity index (χ2v) is 16.8. The Bertz CT molecular complexity index is 994. The van der Waals surface area contributed by atoms with Crippen molar-refractivity contribution in [3.63, 3.8) is 0 Å². The lowest BCUT2D eigenvalue weighted by Crippen LogP contribution is -2.00. The van der Waals surface area contributed by atoms with Crippen LogP contribution < -0.4 is 0 Å². The van der Waals surface area contributed by atoms with E-state index in [9.17, 15) is 47.0 Å². The van der Waals surface area contributed by atoms with Crippen LogP contribution in [-0.2, 0) is 53.5 Å². The smallest absolute Gasteiger partial charge is 0.302 e. The van der Waals surface area contributed by atoms with Crippen LogP contribution in [0.1, 0.15) is 77.6 Å². The monoisotopic (exact) mass is 680 g/mol. The molecule has 0 saturated heterocycles. The van der Waals surface area contributed by atoms with Crippen molar-refractivity contribution in [3.05, 3.63) is 0 Å². The van der Waals surface area contributed by atoms with Crippen molar-refractivity contribution < 1.29 is 87.7 Å². The van der Waals surface area contributed by atoms with E-state index in [0.29, 0.717) is 6.42 Å². The van der Waals surface area contributed by atoms with Crippen LogP contribution in [0.4, 0.5) is 0 Å². The standard InChI is InChI=1S/C13H34O19P6/c1-2-3-4-5-6-7-8-9-10-11-12-13-27-34(17,18)29-36(21,22)31-38(25,26)32-37(23,24)30-35(19,20)28-33(14,15)16/h2-13H2,1H3,(H,17,18)(H,19,20)(H,21,22)(H,23,24)(H,25,26)(H2,14,15,16). The Kier molecular flexibility index (Phi) is 17.5. The second kappa shape index (κ2) is 17.1. The van der Waals surface area contributed by atoms with Crippen molar-refractivity contribution in [2.75, 3.05) is 6.61 Å². The highest BCUT2D eigenvalue weighted by Gasteiger charge is 2.49. The molecule has 0 amide bonds. The molecule has 0 radical (unpaired) electrons. The van der Waals surface area contributed by atoms with Gasteiger partial charge in [-0.05, 0) is 6.42 Å². The third kappa shape index (κ3) is 22.5. The van der Waals surface area contributed by atoms with Gasteiger partial charge in [-0.1, -0.05) is 71.1 Å². The van der Waals surface area contributed by atoms with Crippen LogP contribution in [0.3, 0.4) is 0 Å². The predicted molar refractivity (Wildman–Crippen MR) is 129 cm³/mol. The summed E-state index contributed by atoms with van der Waals surface area (Å²) < 4.78 is 90.1. The summed E-state index contributed by atoms with van der Waals surface area (Å²) in [6.07, 6.45) is 10.7. The minimum absolute atomic E-state index is 0.255. The van der Waals surface area contributed by atoms with Gasteiger partial charge in [0.05, 0.1) is 6.61 Å². The molecule has 0 aliphatic heterocycles. The second-order valence-electron chi connectivity index (χ2n) is 7.61. The van der Waals surface area contributed by atoms with Gasteiger partial charge < -0.3 is 34.3 Å². The van der Waals surface area contributed by atoms with Crippen molar-refractivity contribution in [3.8, 4) is 0 Å². The molecule has 0 fully saturated rings. The number of phosphoric acid groups is 6. The Morgan fingerprint density at radius 3 is 1.05 bits per heavy atom. The van der Waals surface area contributed by atoms with E-state index < -0.39 is 53.5 Å². The number of phosphoric ester groups is 1. The Morgan fingerprint density at radius 1 is 0.421 bits per heavy atom. The first-order chi connectivity index (χ1) is 17.1. The lowest BCUT2D eigenvalue weighted by Gasteiger charge is -2.20. The summed E-state index contributed by atoms with van der Waals surface area (Å²) in [6.45, 7) is 1.73. The Balaban J connectivity index is 4.54. The molecule has 0 spiro atoms. The Morgan fingerprint density at radius 2 is 0.711 bits per heavy atom. The molecule has 0 aromatic rings. The highest BCUT2D eigenvalue weighted by atomic mass is 31.3. The van der Waals surface area contributed by atoms with Gasteiger partial charge in [-0.3, -0.25) is 4.52 Å². The van der Waals surface area contributed by atoms with E-state index >= 15 is 0 Å². The molecule has 0 aromatic heterocycles. The van der Waals surface area contributed by atoms with Gasteiger partial charge in [-0.25, -0.2) is 27.4 Å². The first-order valence-corrected chi connectivity index (χ1v) is 20.0. The van der Waals surface area contributed by atoms with Gasteiger partial charge in [0.1, 0.15) is 0 Å².